The Balaban J connectivity index is 1.89. The molecule has 2 aromatic heterocycles. The largest absolute Gasteiger partial charge is 0.349 e. The molecule has 90 valence electrons. The lowest BCUT2D eigenvalue weighted by Crippen LogP contribution is -2.25. The molecule has 7 heteroatoms. The minimum absolute atomic E-state index is 0.0611. The van der Waals surface area contributed by atoms with E-state index in [9.17, 15) is 4.79 Å². The van der Waals surface area contributed by atoms with Crippen LogP contribution in [0.25, 0.3) is 0 Å². The van der Waals surface area contributed by atoms with Crippen molar-refractivity contribution in [3.63, 3.8) is 0 Å². The maximum Gasteiger partial charge on any atom is 0.224 e. The van der Waals surface area contributed by atoms with Crippen LogP contribution in [0.1, 0.15) is 22.8 Å². The maximum absolute atomic E-state index is 11.7. The average Bonchev–Trinajstić information content (AvgIpc) is 2.91. The average molecular weight is 234 g/mol. The Morgan fingerprint density at radius 3 is 2.82 bits per heavy atom. The van der Waals surface area contributed by atoms with Crippen molar-refractivity contribution in [2.24, 2.45) is 0 Å². The van der Waals surface area contributed by atoms with Crippen LogP contribution in [0.2, 0.25) is 0 Å². The molecule has 2 heterocycles. The summed E-state index contributed by atoms with van der Waals surface area (Å²) in [5.74, 6) is 0.577. The maximum atomic E-state index is 11.7. The van der Waals surface area contributed by atoms with Gasteiger partial charge in [0.05, 0.1) is 18.7 Å². The molecule has 3 N–H and O–H groups in total. The second-order valence-corrected chi connectivity index (χ2v) is 3.80. The highest BCUT2D eigenvalue weighted by atomic mass is 16.1. The van der Waals surface area contributed by atoms with E-state index in [0.717, 1.165) is 17.0 Å². The quantitative estimate of drug-likeness (QED) is 0.693. The van der Waals surface area contributed by atoms with E-state index in [2.05, 4.69) is 30.7 Å². The molecule has 2 aromatic rings. The zero-order valence-corrected chi connectivity index (χ0v) is 9.74. The molecule has 0 saturated carbocycles. The molecule has 0 unspecified atom stereocenters. The number of hydrogen-bond donors (Lipinski definition) is 3. The van der Waals surface area contributed by atoms with Crippen molar-refractivity contribution >= 4 is 5.91 Å². The normalized spacial score (nSPS) is 10.5. The van der Waals surface area contributed by atoms with Crippen molar-refractivity contribution in [2.45, 2.75) is 26.8 Å². The number of hydrogen-bond acceptors (Lipinski definition) is 4. The van der Waals surface area contributed by atoms with E-state index in [1.54, 1.807) is 0 Å². The predicted molar refractivity (Wildman–Crippen MR) is 60.0 cm³/mol. The van der Waals surface area contributed by atoms with Gasteiger partial charge in [0, 0.05) is 11.3 Å². The molecular formula is C10H14N6O. The van der Waals surface area contributed by atoms with E-state index in [-0.39, 0.29) is 5.91 Å². The molecule has 0 saturated heterocycles. The summed E-state index contributed by atoms with van der Waals surface area (Å²) >= 11 is 0. The first kappa shape index (κ1) is 11.3. The van der Waals surface area contributed by atoms with Gasteiger partial charge in [-0.05, 0) is 13.8 Å². The Hall–Kier alpha value is -2.18. The fourth-order valence-electron chi connectivity index (χ4n) is 1.56. The van der Waals surface area contributed by atoms with Gasteiger partial charge in [-0.15, -0.1) is 0 Å². The molecule has 17 heavy (non-hydrogen) atoms. The van der Waals surface area contributed by atoms with Crippen molar-refractivity contribution in [3.8, 4) is 0 Å². The summed E-state index contributed by atoms with van der Waals surface area (Å²) in [6, 6.07) is 0. The second-order valence-electron chi connectivity index (χ2n) is 3.80. The highest BCUT2D eigenvalue weighted by Gasteiger charge is 2.11. The molecule has 2 rings (SSSR count). The summed E-state index contributed by atoms with van der Waals surface area (Å²) in [7, 11) is 0. The zero-order chi connectivity index (χ0) is 12.3. The van der Waals surface area contributed by atoms with Crippen LogP contribution in [-0.2, 0) is 17.8 Å². The lowest BCUT2D eigenvalue weighted by molar-refractivity contribution is -0.120. The third-order valence-electron chi connectivity index (χ3n) is 2.54. The number of H-pyrrole nitrogens is 2. The number of aromatic nitrogens is 5. The van der Waals surface area contributed by atoms with Crippen molar-refractivity contribution in [3.05, 3.63) is 29.1 Å². The number of carbonyl (C=O) groups excluding carboxylic acids is 1. The second kappa shape index (κ2) is 4.77. The summed E-state index contributed by atoms with van der Waals surface area (Å²) in [5, 5.41) is 16.0. The van der Waals surface area contributed by atoms with E-state index in [1.165, 1.54) is 6.33 Å². The summed E-state index contributed by atoms with van der Waals surface area (Å²) in [4.78, 5) is 15.6. The molecular weight excluding hydrogens is 220 g/mol. The Bertz CT molecular complexity index is 481. The first-order valence-electron chi connectivity index (χ1n) is 5.28. The lowest BCUT2D eigenvalue weighted by atomic mass is 10.1. The van der Waals surface area contributed by atoms with Crippen LogP contribution in [0.5, 0.6) is 0 Å². The van der Waals surface area contributed by atoms with E-state index in [0.29, 0.717) is 18.8 Å². The van der Waals surface area contributed by atoms with Crippen LogP contribution in [0.3, 0.4) is 0 Å². The standard InChI is InChI=1S/C10H14N6O/c1-6-8(7(2)15-14-6)3-10(17)11-4-9-12-5-13-16-9/h5H,3-4H2,1-2H3,(H,11,17)(H,14,15)(H,12,13,16). The molecule has 0 fully saturated rings. The molecule has 0 aliphatic carbocycles. The van der Waals surface area contributed by atoms with Crippen molar-refractivity contribution < 1.29 is 4.79 Å². The first-order valence-corrected chi connectivity index (χ1v) is 5.28. The van der Waals surface area contributed by atoms with Gasteiger partial charge in [-0.3, -0.25) is 15.0 Å². The molecule has 0 bridgehead atoms. The van der Waals surface area contributed by atoms with Gasteiger partial charge < -0.3 is 5.32 Å². The Morgan fingerprint density at radius 1 is 1.41 bits per heavy atom. The number of rotatable bonds is 4. The third kappa shape index (κ3) is 2.68. The molecule has 0 aromatic carbocycles. The highest BCUT2D eigenvalue weighted by Crippen LogP contribution is 2.09. The van der Waals surface area contributed by atoms with E-state index >= 15 is 0 Å². The first-order chi connectivity index (χ1) is 8.16. The fraction of sp³-hybridized carbons (Fsp3) is 0.400. The van der Waals surface area contributed by atoms with Gasteiger partial charge in [-0.25, -0.2) is 4.98 Å². The molecule has 0 aliphatic heterocycles. The number of carbonyl (C=O) groups is 1. The van der Waals surface area contributed by atoms with Crippen molar-refractivity contribution in [1.29, 1.82) is 0 Å². The van der Waals surface area contributed by atoms with Crippen LogP contribution in [0.15, 0.2) is 6.33 Å². The van der Waals surface area contributed by atoms with Gasteiger partial charge in [0.2, 0.25) is 5.91 Å². The summed E-state index contributed by atoms with van der Waals surface area (Å²) in [6.07, 6.45) is 1.73. The van der Waals surface area contributed by atoms with Crippen LogP contribution in [0.4, 0.5) is 0 Å². The molecule has 7 nitrogen and oxygen atoms in total. The van der Waals surface area contributed by atoms with Crippen LogP contribution in [-0.4, -0.2) is 31.3 Å². The number of amides is 1. The van der Waals surface area contributed by atoms with E-state index in [1.807, 2.05) is 13.8 Å². The van der Waals surface area contributed by atoms with Gasteiger partial charge in [0.1, 0.15) is 12.2 Å². The molecule has 0 atom stereocenters. The van der Waals surface area contributed by atoms with Crippen LogP contribution in [0, 0.1) is 13.8 Å². The summed E-state index contributed by atoms with van der Waals surface area (Å²) in [5.41, 5.74) is 2.73. The van der Waals surface area contributed by atoms with Crippen molar-refractivity contribution in [1.82, 2.24) is 30.7 Å². The molecule has 0 radical (unpaired) electrons. The minimum atomic E-state index is -0.0611. The smallest absolute Gasteiger partial charge is 0.224 e. The van der Waals surface area contributed by atoms with Gasteiger partial charge in [-0.1, -0.05) is 0 Å². The SMILES string of the molecule is Cc1n[nH]c(C)c1CC(=O)NCc1ncn[nH]1. The highest BCUT2D eigenvalue weighted by molar-refractivity contribution is 5.78. The van der Waals surface area contributed by atoms with E-state index in [4.69, 9.17) is 0 Å². The number of nitrogens with one attached hydrogen (secondary N) is 3. The van der Waals surface area contributed by atoms with Crippen LogP contribution >= 0.6 is 0 Å². The van der Waals surface area contributed by atoms with E-state index < -0.39 is 0 Å². The predicted octanol–water partition coefficient (Wildman–Crippen LogP) is 0.00354. The Morgan fingerprint density at radius 2 is 2.24 bits per heavy atom. The summed E-state index contributed by atoms with van der Waals surface area (Å²) < 4.78 is 0. The molecule has 1 amide bonds. The van der Waals surface area contributed by atoms with Gasteiger partial charge in [0.15, 0.2) is 0 Å². The van der Waals surface area contributed by atoms with Gasteiger partial charge >= 0.3 is 0 Å². The third-order valence-corrected chi connectivity index (χ3v) is 2.54. The number of nitrogens with zero attached hydrogens (tertiary/aromatic N) is 3. The van der Waals surface area contributed by atoms with Gasteiger partial charge in [-0.2, -0.15) is 10.2 Å². The Kier molecular flexibility index (Phi) is 3.17. The topological polar surface area (TPSA) is 99.3 Å². The minimum Gasteiger partial charge on any atom is -0.349 e. The fourth-order valence-corrected chi connectivity index (χ4v) is 1.56. The van der Waals surface area contributed by atoms with Crippen molar-refractivity contribution in [2.75, 3.05) is 0 Å². The number of aromatic amines is 2. The molecule has 0 spiro atoms. The molecule has 0 aliphatic rings. The van der Waals surface area contributed by atoms with Gasteiger partial charge in [0.25, 0.3) is 0 Å². The zero-order valence-electron chi connectivity index (χ0n) is 9.74. The summed E-state index contributed by atoms with van der Waals surface area (Å²) in [6.45, 7) is 4.14. The Labute approximate surface area is 98.0 Å². The monoisotopic (exact) mass is 234 g/mol. The number of aryl methyl sites for hydroxylation is 2. The lowest BCUT2D eigenvalue weighted by Gasteiger charge is -2.03. The van der Waals surface area contributed by atoms with Crippen LogP contribution < -0.4 is 5.32 Å².